The number of carbonyl (C=O) groups excluding carboxylic acids is 1. The molecule has 150 valence electrons. The number of piperidine rings is 1. The molecule has 5 nitrogen and oxygen atoms in total. The van der Waals surface area contributed by atoms with Crippen molar-refractivity contribution in [2.45, 2.75) is 63.1 Å². The van der Waals surface area contributed by atoms with Crippen LogP contribution in [0.5, 0.6) is 0 Å². The molecule has 2 heterocycles. The molecule has 3 rings (SSSR count). The molecule has 1 aromatic rings. The van der Waals surface area contributed by atoms with Crippen LogP contribution in [-0.2, 0) is 21.3 Å². The third-order valence-electron chi connectivity index (χ3n) is 4.89. The number of hydrogen-bond donors (Lipinski definition) is 1. The Bertz CT molecular complexity index is 700. The molecule has 2 aliphatic heterocycles. The highest BCUT2D eigenvalue weighted by Gasteiger charge is 2.50. The maximum absolute atomic E-state index is 13.0. The number of aliphatic hydroxyl groups is 1. The Balaban J connectivity index is 1.86. The van der Waals surface area contributed by atoms with Gasteiger partial charge >= 0.3 is 12.3 Å². The number of ether oxygens (including phenoxy) is 2. The number of morpholine rings is 1. The highest BCUT2D eigenvalue weighted by atomic mass is 19.4. The van der Waals surface area contributed by atoms with Crippen LogP contribution >= 0.6 is 0 Å². The van der Waals surface area contributed by atoms with Crippen LogP contribution in [0.4, 0.5) is 18.0 Å². The fourth-order valence-electron chi connectivity index (χ4n) is 3.81. The molecule has 0 aliphatic carbocycles. The lowest BCUT2D eigenvalue weighted by atomic mass is 9.76. The van der Waals surface area contributed by atoms with Gasteiger partial charge in [-0.05, 0) is 38.5 Å². The van der Waals surface area contributed by atoms with Crippen molar-refractivity contribution in [3.05, 3.63) is 35.4 Å². The van der Waals surface area contributed by atoms with E-state index in [1.165, 1.54) is 12.1 Å². The number of fused-ring (bicyclic) bond motifs is 2. The molecule has 1 N–H and O–H groups in total. The Morgan fingerprint density at radius 3 is 2.33 bits per heavy atom. The summed E-state index contributed by atoms with van der Waals surface area (Å²) >= 11 is 0. The SMILES string of the molecule is CC(C)(C)OC(=O)N1C2COCC1CC(O)(c1cccc(C(F)(F)F)c1)C2. The molecular weight excluding hydrogens is 363 g/mol. The second-order valence-corrected chi connectivity index (χ2v) is 8.25. The average molecular weight is 387 g/mol. The van der Waals surface area contributed by atoms with Crippen LogP contribution < -0.4 is 0 Å². The second kappa shape index (κ2) is 6.67. The van der Waals surface area contributed by atoms with Gasteiger partial charge in [0.1, 0.15) is 5.60 Å². The van der Waals surface area contributed by atoms with Gasteiger partial charge in [0.25, 0.3) is 0 Å². The van der Waals surface area contributed by atoms with Crippen molar-refractivity contribution in [1.29, 1.82) is 0 Å². The summed E-state index contributed by atoms with van der Waals surface area (Å²) < 4.78 is 50.1. The van der Waals surface area contributed by atoms with Crippen LogP contribution in [0.15, 0.2) is 24.3 Å². The zero-order valence-corrected chi connectivity index (χ0v) is 15.5. The zero-order valence-electron chi connectivity index (χ0n) is 15.5. The minimum Gasteiger partial charge on any atom is -0.444 e. The van der Waals surface area contributed by atoms with Crippen molar-refractivity contribution in [1.82, 2.24) is 4.90 Å². The summed E-state index contributed by atoms with van der Waals surface area (Å²) in [6, 6.07) is 3.82. The molecule has 2 unspecified atom stereocenters. The summed E-state index contributed by atoms with van der Waals surface area (Å²) in [4.78, 5) is 14.1. The molecule has 0 spiro atoms. The van der Waals surface area contributed by atoms with Gasteiger partial charge in [0.2, 0.25) is 0 Å². The fraction of sp³-hybridized carbons (Fsp3) is 0.632. The van der Waals surface area contributed by atoms with E-state index in [2.05, 4.69) is 0 Å². The van der Waals surface area contributed by atoms with Crippen molar-refractivity contribution in [3.8, 4) is 0 Å². The molecule has 0 radical (unpaired) electrons. The largest absolute Gasteiger partial charge is 0.444 e. The fourth-order valence-corrected chi connectivity index (χ4v) is 3.81. The van der Waals surface area contributed by atoms with E-state index < -0.39 is 41.1 Å². The van der Waals surface area contributed by atoms with E-state index in [4.69, 9.17) is 9.47 Å². The van der Waals surface area contributed by atoms with Crippen LogP contribution in [0.25, 0.3) is 0 Å². The normalized spacial score (nSPS) is 28.8. The van der Waals surface area contributed by atoms with Gasteiger partial charge in [0.05, 0.1) is 36.5 Å². The van der Waals surface area contributed by atoms with Gasteiger partial charge in [0.15, 0.2) is 0 Å². The highest BCUT2D eigenvalue weighted by molar-refractivity contribution is 5.69. The van der Waals surface area contributed by atoms with Crippen LogP contribution in [0, 0.1) is 0 Å². The Kier molecular flexibility index (Phi) is 4.93. The third-order valence-corrected chi connectivity index (χ3v) is 4.89. The van der Waals surface area contributed by atoms with Crippen LogP contribution in [0.3, 0.4) is 0 Å². The van der Waals surface area contributed by atoms with Gasteiger partial charge in [-0.25, -0.2) is 4.79 Å². The predicted molar refractivity (Wildman–Crippen MR) is 91.0 cm³/mol. The molecule has 1 amide bonds. The number of rotatable bonds is 1. The number of alkyl halides is 3. The lowest BCUT2D eigenvalue weighted by molar-refractivity contribution is -0.143. The Hall–Kier alpha value is -1.80. The van der Waals surface area contributed by atoms with E-state index in [-0.39, 0.29) is 31.6 Å². The number of halogens is 3. The molecule has 2 saturated heterocycles. The van der Waals surface area contributed by atoms with Crippen LogP contribution in [0.1, 0.15) is 44.7 Å². The Morgan fingerprint density at radius 2 is 1.81 bits per heavy atom. The van der Waals surface area contributed by atoms with Gasteiger partial charge in [-0.3, -0.25) is 4.90 Å². The van der Waals surface area contributed by atoms with Crippen molar-refractivity contribution < 1.29 is 32.5 Å². The number of amides is 1. The highest BCUT2D eigenvalue weighted by Crippen LogP contribution is 2.42. The summed E-state index contributed by atoms with van der Waals surface area (Å²) in [6.07, 6.45) is -4.80. The summed E-state index contributed by atoms with van der Waals surface area (Å²) in [6.45, 7) is 5.70. The maximum atomic E-state index is 13.0. The van der Waals surface area contributed by atoms with E-state index in [1.54, 1.807) is 25.7 Å². The molecule has 27 heavy (non-hydrogen) atoms. The molecule has 8 heteroatoms. The number of carbonyl (C=O) groups is 1. The summed E-state index contributed by atoms with van der Waals surface area (Å²) in [5, 5.41) is 11.2. The van der Waals surface area contributed by atoms with Gasteiger partial charge < -0.3 is 14.6 Å². The van der Waals surface area contributed by atoms with Gasteiger partial charge in [-0.2, -0.15) is 13.2 Å². The minimum absolute atomic E-state index is 0.0874. The maximum Gasteiger partial charge on any atom is 0.416 e. The third kappa shape index (κ3) is 4.21. The molecule has 0 saturated carbocycles. The quantitative estimate of drug-likeness (QED) is 0.799. The molecule has 2 fully saturated rings. The summed E-state index contributed by atoms with van der Waals surface area (Å²) in [5.74, 6) is 0. The first kappa shape index (κ1) is 19.9. The van der Waals surface area contributed by atoms with E-state index in [0.717, 1.165) is 12.1 Å². The average Bonchev–Trinajstić information content (AvgIpc) is 2.51. The molecule has 1 aromatic carbocycles. The molecule has 2 aliphatic rings. The lowest BCUT2D eigenvalue weighted by Crippen LogP contribution is -2.63. The first-order chi connectivity index (χ1) is 12.4. The van der Waals surface area contributed by atoms with Gasteiger partial charge in [0, 0.05) is 12.8 Å². The van der Waals surface area contributed by atoms with Crippen molar-refractivity contribution in [3.63, 3.8) is 0 Å². The molecule has 2 atom stereocenters. The standard InChI is InChI=1S/C19H24F3NO4/c1-17(2,3)27-16(24)23-14-8-18(25,9-15(23)11-26-10-14)12-5-4-6-13(7-12)19(20,21)22/h4-7,14-15,25H,8-11H2,1-3H3. The number of nitrogens with zero attached hydrogens (tertiary/aromatic N) is 1. The zero-order chi connectivity index (χ0) is 20.0. The monoisotopic (exact) mass is 387 g/mol. The van der Waals surface area contributed by atoms with E-state index in [0.29, 0.717) is 0 Å². The van der Waals surface area contributed by atoms with E-state index in [1.807, 2.05) is 0 Å². The minimum atomic E-state index is -4.48. The van der Waals surface area contributed by atoms with E-state index >= 15 is 0 Å². The van der Waals surface area contributed by atoms with Crippen molar-refractivity contribution in [2.24, 2.45) is 0 Å². The summed E-state index contributed by atoms with van der Waals surface area (Å²) in [7, 11) is 0. The summed E-state index contributed by atoms with van der Waals surface area (Å²) in [5.41, 5.74) is -2.72. The van der Waals surface area contributed by atoms with Crippen molar-refractivity contribution >= 4 is 6.09 Å². The molecule has 0 aromatic heterocycles. The van der Waals surface area contributed by atoms with Gasteiger partial charge in [-0.15, -0.1) is 0 Å². The topological polar surface area (TPSA) is 59.0 Å². The van der Waals surface area contributed by atoms with Crippen LogP contribution in [-0.4, -0.2) is 47.0 Å². The van der Waals surface area contributed by atoms with Crippen molar-refractivity contribution in [2.75, 3.05) is 13.2 Å². The second-order valence-electron chi connectivity index (χ2n) is 8.25. The molecular formula is C19H24F3NO4. The smallest absolute Gasteiger partial charge is 0.416 e. The number of hydrogen-bond acceptors (Lipinski definition) is 4. The number of benzene rings is 1. The first-order valence-electron chi connectivity index (χ1n) is 8.88. The molecule has 2 bridgehead atoms. The van der Waals surface area contributed by atoms with E-state index in [9.17, 15) is 23.1 Å². The lowest BCUT2D eigenvalue weighted by Gasteiger charge is -2.51. The Morgan fingerprint density at radius 1 is 1.22 bits per heavy atom. The Labute approximate surface area is 156 Å². The van der Waals surface area contributed by atoms with Gasteiger partial charge in [-0.1, -0.05) is 12.1 Å². The van der Waals surface area contributed by atoms with Crippen LogP contribution in [0.2, 0.25) is 0 Å². The predicted octanol–water partition coefficient (Wildman–Crippen LogP) is 3.69. The first-order valence-corrected chi connectivity index (χ1v) is 8.88.